The quantitative estimate of drug-likeness (QED) is 0.303. The Labute approximate surface area is 152 Å². The Bertz CT molecular complexity index is 1090. The molecule has 25 heavy (non-hydrogen) atoms. The van der Waals surface area contributed by atoms with Gasteiger partial charge in [0.05, 0.1) is 0 Å². The molecule has 0 aliphatic heterocycles. The summed E-state index contributed by atoms with van der Waals surface area (Å²) >= 11 is 2.39. The van der Waals surface area contributed by atoms with Crippen LogP contribution in [0.25, 0.3) is 33.7 Å². The van der Waals surface area contributed by atoms with Gasteiger partial charge in [-0.3, -0.25) is 0 Å². The van der Waals surface area contributed by atoms with E-state index < -0.39 is 4.92 Å². The molecule has 0 saturated carbocycles. The second-order valence-electron chi connectivity index (χ2n) is 5.53. The van der Waals surface area contributed by atoms with Gasteiger partial charge in [-0.15, -0.1) is 0 Å². The number of hydrogen-bond donors (Lipinski definition) is 0. The van der Waals surface area contributed by atoms with Crippen LogP contribution in [0.5, 0.6) is 0 Å². The Balaban J connectivity index is 1.82. The molecule has 0 atom stereocenters. The topological polar surface area (TPSA) is 69.2 Å². The number of nitro benzene ring substituents is 1. The van der Waals surface area contributed by atoms with Crippen LogP contribution < -0.4 is 4.35 Å². The van der Waals surface area contributed by atoms with Crippen molar-refractivity contribution in [1.29, 1.82) is 0 Å². The average molecular weight is 390 g/mol. The molecule has 4 aromatic rings. The molecule has 4 rings (SSSR count). The molecule has 3 aromatic carbocycles. The Morgan fingerprint density at radius 2 is 1.76 bits per heavy atom. The summed E-state index contributed by atoms with van der Waals surface area (Å²) < 4.78 is 6.63. The molecule has 0 fully saturated rings. The van der Waals surface area contributed by atoms with E-state index in [9.17, 15) is 10.1 Å². The number of oxazole rings is 1. The molecule has 0 unspecified atom stereocenters. The van der Waals surface area contributed by atoms with Crippen LogP contribution in [0.2, 0.25) is 0 Å². The van der Waals surface area contributed by atoms with Crippen molar-refractivity contribution in [2.45, 2.75) is 0 Å². The SMILES string of the molecule is O=[N+]([O-])c1ccc([As])c(-c2nc3cc(-c4ccccc4)ccc3o2)c1. The fraction of sp³-hybridized carbons (Fsp3) is 0. The Morgan fingerprint density at radius 1 is 0.960 bits per heavy atom. The van der Waals surface area contributed by atoms with E-state index >= 15 is 0 Å². The summed E-state index contributed by atoms with van der Waals surface area (Å²) in [6, 6.07) is 20.4. The molecular formula is C19H11AsN2O3. The first kappa shape index (κ1) is 15.6. The molecule has 6 heteroatoms. The third-order valence-electron chi connectivity index (χ3n) is 3.92. The minimum atomic E-state index is -0.425. The van der Waals surface area contributed by atoms with E-state index in [0.717, 1.165) is 21.0 Å². The molecule has 2 radical (unpaired) electrons. The summed E-state index contributed by atoms with van der Waals surface area (Å²) in [6.07, 6.45) is 0. The summed E-state index contributed by atoms with van der Waals surface area (Å²) in [5.41, 5.74) is 4.11. The summed E-state index contributed by atoms with van der Waals surface area (Å²) in [6.45, 7) is 0. The number of fused-ring (bicyclic) bond motifs is 1. The Kier molecular flexibility index (Phi) is 3.86. The monoisotopic (exact) mass is 390 g/mol. The summed E-state index contributed by atoms with van der Waals surface area (Å²) in [5.74, 6) is 0.375. The maximum absolute atomic E-state index is 11.0. The predicted molar refractivity (Wildman–Crippen MR) is 96.9 cm³/mol. The van der Waals surface area contributed by atoms with Crippen LogP contribution >= 0.6 is 0 Å². The number of nitro groups is 1. The molecular weight excluding hydrogens is 379 g/mol. The van der Waals surface area contributed by atoms with Crippen LogP contribution in [-0.2, 0) is 0 Å². The number of non-ortho nitro benzene ring substituents is 1. The molecule has 0 saturated heterocycles. The standard InChI is InChI=1S/C19H11AsN2O3/c20-16-8-7-14(22(23)24)11-15(16)19-21-17-10-13(6-9-18(17)25-19)12-4-2-1-3-5-12/h1-11H. The average Bonchev–Trinajstić information content (AvgIpc) is 3.05. The van der Waals surface area contributed by atoms with E-state index in [1.54, 1.807) is 6.07 Å². The fourth-order valence-electron chi connectivity index (χ4n) is 2.66. The molecule has 120 valence electrons. The van der Waals surface area contributed by atoms with Gasteiger partial charge in [-0.05, 0) is 0 Å². The molecule has 0 bridgehead atoms. The van der Waals surface area contributed by atoms with Gasteiger partial charge in [-0.1, -0.05) is 0 Å². The third-order valence-corrected chi connectivity index (χ3v) is 4.73. The van der Waals surface area contributed by atoms with E-state index in [4.69, 9.17) is 4.42 Å². The molecule has 1 heterocycles. The zero-order valence-electron chi connectivity index (χ0n) is 12.9. The number of benzene rings is 3. The summed E-state index contributed by atoms with van der Waals surface area (Å²) in [4.78, 5) is 15.1. The van der Waals surface area contributed by atoms with Crippen molar-refractivity contribution in [1.82, 2.24) is 4.98 Å². The third kappa shape index (κ3) is 2.94. The second-order valence-corrected chi connectivity index (χ2v) is 6.54. The van der Waals surface area contributed by atoms with Crippen molar-refractivity contribution in [3.63, 3.8) is 0 Å². The van der Waals surface area contributed by atoms with Gasteiger partial charge >= 0.3 is 152 Å². The van der Waals surface area contributed by atoms with Gasteiger partial charge in [-0.2, -0.15) is 0 Å². The Morgan fingerprint density at radius 3 is 2.52 bits per heavy atom. The first-order chi connectivity index (χ1) is 12.1. The molecule has 0 amide bonds. The van der Waals surface area contributed by atoms with Crippen LogP contribution in [0.1, 0.15) is 0 Å². The van der Waals surface area contributed by atoms with E-state index in [1.807, 2.05) is 48.5 Å². The molecule has 0 N–H and O–H groups in total. The molecule has 0 aliphatic rings. The number of hydrogen-bond acceptors (Lipinski definition) is 4. The minimum absolute atomic E-state index is 0.0111. The van der Waals surface area contributed by atoms with Crippen LogP contribution in [0.15, 0.2) is 71.1 Å². The van der Waals surface area contributed by atoms with Gasteiger partial charge < -0.3 is 0 Å². The van der Waals surface area contributed by atoms with Gasteiger partial charge in [0.15, 0.2) is 0 Å². The summed E-state index contributed by atoms with van der Waals surface area (Å²) in [7, 11) is 0. The van der Waals surface area contributed by atoms with E-state index in [0.29, 0.717) is 17.0 Å². The molecule has 0 spiro atoms. The zero-order valence-corrected chi connectivity index (χ0v) is 14.8. The normalized spacial score (nSPS) is 10.9. The maximum atomic E-state index is 11.0. The number of aromatic nitrogens is 1. The zero-order chi connectivity index (χ0) is 17.4. The summed E-state index contributed by atoms with van der Waals surface area (Å²) in [5, 5.41) is 11.0. The van der Waals surface area contributed by atoms with Crippen molar-refractivity contribution in [2.24, 2.45) is 0 Å². The van der Waals surface area contributed by atoms with Crippen molar-refractivity contribution >= 4 is 38.0 Å². The van der Waals surface area contributed by atoms with Gasteiger partial charge in [0, 0.05) is 0 Å². The van der Waals surface area contributed by atoms with Crippen LogP contribution in [0, 0.1) is 10.1 Å². The first-order valence-corrected chi connectivity index (χ1v) is 8.49. The molecule has 1 aromatic heterocycles. The Hall–Kier alpha value is -2.91. The number of rotatable bonds is 3. The van der Waals surface area contributed by atoms with Gasteiger partial charge in [0.2, 0.25) is 0 Å². The van der Waals surface area contributed by atoms with E-state index in [-0.39, 0.29) is 5.69 Å². The van der Waals surface area contributed by atoms with Crippen molar-refractivity contribution in [3.05, 3.63) is 76.8 Å². The van der Waals surface area contributed by atoms with Crippen molar-refractivity contribution < 1.29 is 9.34 Å². The van der Waals surface area contributed by atoms with Gasteiger partial charge in [-0.25, -0.2) is 0 Å². The van der Waals surface area contributed by atoms with Gasteiger partial charge in [0.1, 0.15) is 0 Å². The molecule has 5 nitrogen and oxygen atoms in total. The second kappa shape index (κ2) is 6.19. The van der Waals surface area contributed by atoms with Gasteiger partial charge in [0.25, 0.3) is 0 Å². The predicted octanol–water partition coefficient (Wildman–Crippen LogP) is 3.86. The van der Waals surface area contributed by atoms with E-state index in [1.165, 1.54) is 12.1 Å². The van der Waals surface area contributed by atoms with Crippen molar-refractivity contribution in [2.75, 3.05) is 0 Å². The van der Waals surface area contributed by atoms with Crippen LogP contribution in [0.3, 0.4) is 0 Å². The van der Waals surface area contributed by atoms with Crippen LogP contribution in [0.4, 0.5) is 5.69 Å². The molecule has 0 aliphatic carbocycles. The van der Waals surface area contributed by atoms with Crippen LogP contribution in [-0.4, -0.2) is 26.8 Å². The van der Waals surface area contributed by atoms with Crippen molar-refractivity contribution in [3.8, 4) is 22.6 Å². The number of nitrogens with zero attached hydrogens (tertiary/aromatic N) is 2. The first-order valence-electron chi connectivity index (χ1n) is 7.55. The van der Waals surface area contributed by atoms with E-state index in [2.05, 4.69) is 21.8 Å². The fourth-order valence-corrected chi connectivity index (χ4v) is 3.15.